The number of carbonyl (C=O) groups excluding carboxylic acids is 1. The van der Waals surface area contributed by atoms with Crippen molar-refractivity contribution in [2.75, 3.05) is 4.90 Å². The zero-order chi connectivity index (χ0) is 16.7. The highest BCUT2D eigenvalue weighted by Gasteiger charge is 2.36. The Balaban J connectivity index is 1.81. The number of halogens is 2. The molecule has 1 heterocycles. The highest BCUT2D eigenvalue weighted by atomic mass is 35.5. The maximum absolute atomic E-state index is 14.2. The molecule has 5 heteroatoms. The van der Waals surface area contributed by atoms with Crippen LogP contribution in [0.15, 0.2) is 47.5 Å². The number of carbonyl (C=O) groups is 1. The van der Waals surface area contributed by atoms with Crippen LogP contribution in [0.3, 0.4) is 0 Å². The molecule has 1 saturated carbocycles. The van der Waals surface area contributed by atoms with Gasteiger partial charge in [0.1, 0.15) is 5.82 Å². The van der Waals surface area contributed by atoms with Gasteiger partial charge < -0.3 is 4.90 Å². The Morgan fingerprint density at radius 1 is 1.21 bits per heavy atom. The molecule has 3 nitrogen and oxygen atoms in total. The predicted molar refractivity (Wildman–Crippen MR) is 93.5 cm³/mol. The van der Waals surface area contributed by atoms with Crippen LogP contribution < -0.4 is 4.90 Å². The first-order chi connectivity index (χ1) is 11.6. The average Bonchev–Trinajstić information content (AvgIpc) is 2.99. The molecule has 2 aliphatic rings. The summed E-state index contributed by atoms with van der Waals surface area (Å²) in [5, 5.41) is 0.331. The van der Waals surface area contributed by atoms with E-state index < -0.39 is 5.82 Å². The van der Waals surface area contributed by atoms with Crippen LogP contribution in [0, 0.1) is 11.7 Å². The third-order valence-corrected chi connectivity index (χ3v) is 5.06. The van der Waals surface area contributed by atoms with Crippen molar-refractivity contribution >= 4 is 34.6 Å². The monoisotopic (exact) mass is 342 g/mol. The number of aliphatic imine (C=N–C) groups is 1. The van der Waals surface area contributed by atoms with Gasteiger partial charge in [0.15, 0.2) is 0 Å². The molecule has 1 aliphatic heterocycles. The summed E-state index contributed by atoms with van der Waals surface area (Å²) in [6.45, 7) is 0.112. The lowest BCUT2D eigenvalue weighted by Gasteiger charge is -2.25. The number of hydrogen-bond acceptors (Lipinski definition) is 2. The Bertz CT molecular complexity index is 829. The van der Waals surface area contributed by atoms with Gasteiger partial charge in [0, 0.05) is 16.3 Å². The standard InChI is InChI=1S/C19H16ClFN2O/c20-14-6-4-7-15(21)13(14)11-23-18-10-2-1-8-17(18)22-16-9-3-5-12(16)19(23)24/h1-2,4,6-8,10,12H,3,5,9,11H2/t12-/m1/s1. The minimum Gasteiger partial charge on any atom is -0.305 e. The number of para-hydroxylation sites is 2. The van der Waals surface area contributed by atoms with Gasteiger partial charge in [-0.25, -0.2) is 4.39 Å². The van der Waals surface area contributed by atoms with Gasteiger partial charge in [-0.15, -0.1) is 0 Å². The van der Waals surface area contributed by atoms with Crippen molar-refractivity contribution in [2.45, 2.75) is 25.8 Å². The molecule has 1 fully saturated rings. The van der Waals surface area contributed by atoms with Crippen LogP contribution in [0.1, 0.15) is 24.8 Å². The maximum Gasteiger partial charge on any atom is 0.236 e. The number of fused-ring (bicyclic) bond motifs is 2. The first-order valence-corrected chi connectivity index (χ1v) is 8.43. The third-order valence-electron chi connectivity index (χ3n) is 4.71. The van der Waals surface area contributed by atoms with Crippen molar-refractivity contribution in [1.82, 2.24) is 0 Å². The van der Waals surface area contributed by atoms with E-state index in [1.54, 1.807) is 17.0 Å². The minimum atomic E-state index is -0.399. The van der Waals surface area contributed by atoms with Crippen molar-refractivity contribution in [1.29, 1.82) is 0 Å². The molecular weight excluding hydrogens is 327 g/mol. The lowest BCUT2D eigenvalue weighted by atomic mass is 10.0. The van der Waals surface area contributed by atoms with Gasteiger partial charge in [0.05, 0.1) is 23.8 Å². The summed E-state index contributed by atoms with van der Waals surface area (Å²) < 4.78 is 14.2. The fraction of sp³-hybridized carbons (Fsp3) is 0.263. The molecule has 0 radical (unpaired) electrons. The first-order valence-electron chi connectivity index (χ1n) is 8.06. The lowest BCUT2D eigenvalue weighted by molar-refractivity contribution is -0.120. The molecule has 0 N–H and O–H groups in total. The summed E-state index contributed by atoms with van der Waals surface area (Å²) in [7, 11) is 0. The Morgan fingerprint density at radius 3 is 2.88 bits per heavy atom. The molecule has 24 heavy (non-hydrogen) atoms. The first kappa shape index (κ1) is 15.3. The molecule has 0 aromatic heterocycles. The molecule has 2 aromatic carbocycles. The Kier molecular flexibility index (Phi) is 3.85. The van der Waals surface area contributed by atoms with E-state index in [-0.39, 0.29) is 18.4 Å². The van der Waals surface area contributed by atoms with Crippen molar-refractivity contribution < 1.29 is 9.18 Å². The zero-order valence-corrected chi connectivity index (χ0v) is 13.8. The Labute approximate surface area is 144 Å². The summed E-state index contributed by atoms with van der Waals surface area (Å²) in [6, 6.07) is 12.1. The molecule has 122 valence electrons. The summed E-state index contributed by atoms with van der Waals surface area (Å²) in [6.07, 6.45) is 2.61. The second-order valence-electron chi connectivity index (χ2n) is 6.16. The average molecular weight is 343 g/mol. The number of hydrogen-bond donors (Lipinski definition) is 0. The van der Waals surface area contributed by atoms with E-state index in [0.29, 0.717) is 16.3 Å². The van der Waals surface area contributed by atoms with Gasteiger partial charge in [-0.05, 0) is 43.5 Å². The molecule has 1 atom stereocenters. The van der Waals surface area contributed by atoms with Crippen LogP contribution >= 0.6 is 11.6 Å². The second-order valence-corrected chi connectivity index (χ2v) is 6.57. The second kappa shape index (κ2) is 6.02. The lowest BCUT2D eigenvalue weighted by Crippen LogP contribution is -2.36. The molecule has 0 bridgehead atoms. The molecule has 0 unspecified atom stereocenters. The van der Waals surface area contributed by atoms with Crippen molar-refractivity contribution in [3.8, 4) is 0 Å². The van der Waals surface area contributed by atoms with Gasteiger partial charge in [0.25, 0.3) is 0 Å². The van der Waals surface area contributed by atoms with Gasteiger partial charge in [-0.3, -0.25) is 9.79 Å². The van der Waals surface area contributed by atoms with Crippen LogP contribution in [0.4, 0.5) is 15.8 Å². The van der Waals surface area contributed by atoms with Gasteiger partial charge in [0.2, 0.25) is 5.91 Å². The number of anilines is 1. The molecule has 1 aliphatic carbocycles. The smallest absolute Gasteiger partial charge is 0.236 e. The number of nitrogens with zero attached hydrogens (tertiary/aromatic N) is 2. The van der Waals surface area contributed by atoms with Crippen LogP contribution in [-0.4, -0.2) is 11.6 Å². The quantitative estimate of drug-likeness (QED) is 0.764. The molecule has 4 rings (SSSR count). The largest absolute Gasteiger partial charge is 0.305 e. The normalized spacial score (nSPS) is 19.6. The van der Waals surface area contributed by atoms with Gasteiger partial charge in [-0.2, -0.15) is 0 Å². The van der Waals surface area contributed by atoms with Crippen molar-refractivity contribution in [3.05, 3.63) is 58.9 Å². The predicted octanol–water partition coefficient (Wildman–Crippen LogP) is 4.90. The highest BCUT2D eigenvalue weighted by molar-refractivity contribution is 6.31. The fourth-order valence-electron chi connectivity index (χ4n) is 3.48. The molecular formula is C19H16ClFN2O. The molecule has 2 aromatic rings. The van der Waals surface area contributed by atoms with Crippen molar-refractivity contribution in [3.63, 3.8) is 0 Å². The fourth-order valence-corrected chi connectivity index (χ4v) is 3.70. The highest BCUT2D eigenvalue weighted by Crippen LogP contribution is 2.39. The van der Waals surface area contributed by atoms with E-state index in [1.165, 1.54) is 6.07 Å². The Hall–Kier alpha value is -2.20. The number of amides is 1. The van der Waals surface area contributed by atoms with E-state index in [4.69, 9.17) is 16.6 Å². The molecule has 0 saturated heterocycles. The zero-order valence-electron chi connectivity index (χ0n) is 13.0. The van der Waals surface area contributed by atoms with Crippen LogP contribution in [0.2, 0.25) is 5.02 Å². The molecule has 1 amide bonds. The van der Waals surface area contributed by atoms with E-state index in [0.717, 1.165) is 30.7 Å². The molecule has 0 spiro atoms. The SMILES string of the molecule is O=C1[C@@H]2CCCC2=Nc2ccccc2N1Cc1c(F)cccc1Cl. The van der Waals surface area contributed by atoms with Gasteiger partial charge in [-0.1, -0.05) is 29.8 Å². The summed E-state index contributed by atoms with van der Waals surface area (Å²) in [5.74, 6) is -0.622. The van der Waals surface area contributed by atoms with E-state index in [2.05, 4.69) is 0 Å². The number of rotatable bonds is 2. The van der Waals surface area contributed by atoms with Crippen LogP contribution in [-0.2, 0) is 11.3 Å². The van der Waals surface area contributed by atoms with Crippen molar-refractivity contribution in [2.24, 2.45) is 10.9 Å². The minimum absolute atomic E-state index is 0.0180. The summed E-state index contributed by atoms with van der Waals surface area (Å²) in [4.78, 5) is 19.4. The van der Waals surface area contributed by atoms with Gasteiger partial charge >= 0.3 is 0 Å². The van der Waals surface area contributed by atoms with E-state index >= 15 is 0 Å². The summed E-state index contributed by atoms with van der Waals surface area (Å²) in [5.41, 5.74) is 2.75. The Morgan fingerprint density at radius 2 is 2.04 bits per heavy atom. The maximum atomic E-state index is 14.2. The van der Waals surface area contributed by atoms with E-state index in [1.807, 2.05) is 24.3 Å². The number of benzene rings is 2. The van der Waals surface area contributed by atoms with Crippen LogP contribution in [0.25, 0.3) is 0 Å². The third kappa shape index (κ3) is 2.51. The van der Waals surface area contributed by atoms with E-state index in [9.17, 15) is 9.18 Å². The summed E-state index contributed by atoms with van der Waals surface area (Å²) >= 11 is 6.17. The topological polar surface area (TPSA) is 32.7 Å². The van der Waals surface area contributed by atoms with Crippen LogP contribution in [0.5, 0.6) is 0 Å².